The van der Waals surface area contributed by atoms with Crippen LogP contribution < -0.4 is 11.0 Å². The van der Waals surface area contributed by atoms with Gasteiger partial charge in [0.25, 0.3) is 11.5 Å². The molecule has 0 saturated carbocycles. The summed E-state index contributed by atoms with van der Waals surface area (Å²) in [5.74, 6) is -0.553. The summed E-state index contributed by atoms with van der Waals surface area (Å²) < 4.78 is 0. The van der Waals surface area contributed by atoms with Crippen LogP contribution in [-0.4, -0.2) is 17.5 Å². The summed E-state index contributed by atoms with van der Waals surface area (Å²) in [5, 5.41) is 0. The van der Waals surface area contributed by atoms with E-state index in [-0.39, 0.29) is 5.56 Å². The third-order valence-corrected chi connectivity index (χ3v) is 2.55. The van der Waals surface area contributed by atoms with Crippen molar-refractivity contribution >= 4 is 5.91 Å². The van der Waals surface area contributed by atoms with Gasteiger partial charge in [0.2, 0.25) is 0 Å². The number of nitrogens with one attached hydrogen (secondary N) is 2. The van der Waals surface area contributed by atoms with Crippen LogP contribution >= 0.6 is 0 Å². The van der Waals surface area contributed by atoms with E-state index < -0.39 is 11.5 Å². The Bertz CT molecular complexity index is 620. The molecule has 0 radical (unpaired) electrons. The van der Waals surface area contributed by atoms with Gasteiger partial charge < -0.3 is 4.98 Å². The summed E-state index contributed by atoms with van der Waals surface area (Å²) >= 11 is 0. The largest absolute Gasteiger partial charge is 0.321 e. The molecular formula is C14H14N2O3. The van der Waals surface area contributed by atoms with Crippen LogP contribution in [0.1, 0.15) is 17.3 Å². The summed E-state index contributed by atoms with van der Waals surface area (Å²) in [7, 11) is 0. The number of rotatable bonds is 4. The van der Waals surface area contributed by atoms with Crippen molar-refractivity contribution in [2.45, 2.75) is 6.92 Å². The molecule has 2 rings (SSSR count). The van der Waals surface area contributed by atoms with Gasteiger partial charge in [-0.3, -0.25) is 14.4 Å². The molecule has 0 saturated heterocycles. The van der Waals surface area contributed by atoms with Crippen LogP contribution in [0.5, 0.6) is 0 Å². The lowest BCUT2D eigenvalue weighted by Gasteiger charge is -2.05. The third kappa shape index (κ3) is 3.08. The van der Waals surface area contributed by atoms with E-state index in [4.69, 9.17) is 4.84 Å². The zero-order chi connectivity index (χ0) is 13.7. The van der Waals surface area contributed by atoms with Crippen molar-refractivity contribution in [1.82, 2.24) is 10.5 Å². The second-order valence-electron chi connectivity index (χ2n) is 3.85. The van der Waals surface area contributed by atoms with Crippen LogP contribution in [-0.2, 0) is 4.84 Å². The molecule has 0 unspecified atom stereocenters. The van der Waals surface area contributed by atoms with E-state index in [1.807, 2.05) is 30.3 Å². The number of aromatic amines is 1. The third-order valence-electron chi connectivity index (χ3n) is 2.55. The number of amides is 1. The van der Waals surface area contributed by atoms with Crippen molar-refractivity contribution in [2.75, 3.05) is 6.61 Å². The Morgan fingerprint density at radius 2 is 1.95 bits per heavy atom. The van der Waals surface area contributed by atoms with Gasteiger partial charge in [-0.25, -0.2) is 5.48 Å². The maximum Gasteiger partial charge on any atom is 0.280 e. The van der Waals surface area contributed by atoms with Crippen molar-refractivity contribution < 1.29 is 9.63 Å². The second kappa shape index (κ2) is 5.97. The number of carbonyl (C=O) groups excluding carboxylic acids is 1. The first-order chi connectivity index (χ1) is 9.22. The summed E-state index contributed by atoms with van der Waals surface area (Å²) in [4.78, 5) is 30.9. The summed E-state index contributed by atoms with van der Waals surface area (Å²) in [6.45, 7) is 2.08. The van der Waals surface area contributed by atoms with E-state index in [9.17, 15) is 9.59 Å². The van der Waals surface area contributed by atoms with Gasteiger partial charge in [-0.05, 0) is 24.6 Å². The minimum Gasteiger partial charge on any atom is -0.321 e. The number of H-pyrrole nitrogens is 1. The number of hydrogen-bond donors (Lipinski definition) is 2. The van der Waals surface area contributed by atoms with Crippen molar-refractivity contribution in [2.24, 2.45) is 0 Å². The Hall–Kier alpha value is -2.40. The quantitative estimate of drug-likeness (QED) is 0.820. The topological polar surface area (TPSA) is 71.2 Å². The predicted molar refractivity (Wildman–Crippen MR) is 71.6 cm³/mol. The highest BCUT2D eigenvalue weighted by Gasteiger charge is 2.11. The molecule has 0 aliphatic rings. The van der Waals surface area contributed by atoms with Crippen LogP contribution in [0.15, 0.2) is 47.3 Å². The van der Waals surface area contributed by atoms with Gasteiger partial charge in [0.05, 0.1) is 6.61 Å². The second-order valence-corrected chi connectivity index (χ2v) is 3.85. The Kier molecular flexibility index (Phi) is 4.10. The van der Waals surface area contributed by atoms with E-state index in [1.54, 1.807) is 13.0 Å². The van der Waals surface area contributed by atoms with Gasteiger partial charge in [-0.2, -0.15) is 0 Å². The molecule has 2 aromatic rings. The molecule has 0 atom stereocenters. The SMILES string of the molecule is CCONC(=O)c1ccc(-c2ccccc2)[nH]c1=O. The average molecular weight is 258 g/mol. The molecule has 2 N–H and O–H groups in total. The lowest BCUT2D eigenvalue weighted by atomic mass is 10.1. The highest BCUT2D eigenvalue weighted by molar-refractivity contribution is 5.93. The summed E-state index contributed by atoms with van der Waals surface area (Å²) in [5.41, 5.74) is 3.32. The molecule has 1 aromatic carbocycles. The predicted octanol–water partition coefficient (Wildman–Crippen LogP) is 1.72. The summed E-state index contributed by atoms with van der Waals surface area (Å²) in [6, 6.07) is 12.6. The molecule has 5 nitrogen and oxygen atoms in total. The molecule has 1 amide bonds. The number of pyridine rings is 1. The average Bonchev–Trinajstić information content (AvgIpc) is 2.45. The van der Waals surface area contributed by atoms with Crippen molar-refractivity contribution in [1.29, 1.82) is 0 Å². The van der Waals surface area contributed by atoms with Crippen LogP contribution in [0, 0.1) is 0 Å². The fourth-order valence-corrected chi connectivity index (χ4v) is 1.63. The van der Waals surface area contributed by atoms with Crippen molar-refractivity contribution in [3.63, 3.8) is 0 Å². The minimum atomic E-state index is -0.553. The molecule has 0 bridgehead atoms. The first-order valence-corrected chi connectivity index (χ1v) is 5.93. The lowest BCUT2D eigenvalue weighted by Crippen LogP contribution is -2.29. The minimum absolute atomic E-state index is 0.0214. The maximum atomic E-state index is 11.8. The van der Waals surface area contributed by atoms with Gasteiger partial charge in [0, 0.05) is 5.69 Å². The zero-order valence-corrected chi connectivity index (χ0v) is 10.5. The normalized spacial score (nSPS) is 10.2. The fraction of sp³-hybridized carbons (Fsp3) is 0.143. The first kappa shape index (κ1) is 13.0. The number of carbonyl (C=O) groups is 1. The van der Waals surface area contributed by atoms with Gasteiger partial charge in [0.1, 0.15) is 5.56 Å². The molecule has 5 heteroatoms. The highest BCUT2D eigenvalue weighted by Crippen LogP contribution is 2.14. The van der Waals surface area contributed by atoms with Crippen LogP contribution in [0.2, 0.25) is 0 Å². The number of hydrogen-bond acceptors (Lipinski definition) is 3. The number of benzene rings is 1. The molecular weight excluding hydrogens is 244 g/mol. The molecule has 0 aliphatic carbocycles. The van der Waals surface area contributed by atoms with Gasteiger partial charge in [0.15, 0.2) is 0 Å². The Morgan fingerprint density at radius 1 is 1.21 bits per heavy atom. The molecule has 98 valence electrons. The van der Waals surface area contributed by atoms with Crippen molar-refractivity contribution in [3.8, 4) is 11.3 Å². The smallest absolute Gasteiger partial charge is 0.280 e. The van der Waals surface area contributed by atoms with Gasteiger partial charge in [-0.15, -0.1) is 0 Å². The van der Waals surface area contributed by atoms with Crippen molar-refractivity contribution in [3.05, 3.63) is 58.4 Å². The monoisotopic (exact) mass is 258 g/mol. The van der Waals surface area contributed by atoms with Gasteiger partial charge in [-0.1, -0.05) is 30.3 Å². The maximum absolute atomic E-state index is 11.8. The molecule has 0 aliphatic heterocycles. The molecule has 1 aromatic heterocycles. The van der Waals surface area contributed by atoms with E-state index in [2.05, 4.69) is 10.5 Å². The van der Waals surface area contributed by atoms with E-state index >= 15 is 0 Å². The number of aromatic nitrogens is 1. The van der Waals surface area contributed by atoms with Crippen LogP contribution in [0.4, 0.5) is 0 Å². The Morgan fingerprint density at radius 3 is 2.58 bits per heavy atom. The standard InChI is InChI=1S/C14H14N2O3/c1-2-19-16-14(18)11-8-9-12(15-13(11)17)10-6-4-3-5-7-10/h3-9H,2H2,1H3,(H,15,17)(H,16,18). The Balaban J connectivity index is 2.28. The zero-order valence-electron chi connectivity index (χ0n) is 10.5. The molecule has 1 heterocycles. The first-order valence-electron chi connectivity index (χ1n) is 5.93. The summed E-state index contributed by atoms with van der Waals surface area (Å²) in [6.07, 6.45) is 0. The number of hydroxylamine groups is 1. The van der Waals surface area contributed by atoms with Crippen LogP contribution in [0.25, 0.3) is 11.3 Å². The lowest BCUT2D eigenvalue weighted by molar-refractivity contribution is 0.0363. The highest BCUT2D eigenvalue weighted by atomic mass is 16.6. The van der Waals surface area contributed by atoms with E-state index in [0.29, 0.717) is 12.3 Å². The van der Waals surface area contributed by atoms with E-state index in [0.717, 1.165) is 5.56 Å². The Labute approximate surface area is 110 Å². The molecule has 19 heavy (non-hydrogen) atoms. The fourth-order valence-electron chi connectivity index (χ4n) is 1.63. The van der Waals surface area contributed by atoms with E-state index in [1.165, 1.54) is 6.07 Å². The molecule has 0 fully saturated rings. The van der Waals surface area contributed by atoms with Gasteiger partial charge >= 0.3 is 0 Å². The van der Waals surface area contributed by atoms with Crippen LogP contribution in [0.3, 0.4) is 0 Å². The molecule has 0 spiro atoms.